The third-order valence-electron chi connectivity index (χ3n) is 3.38. The number of halogens is 1. The summed E-state index contributed by atoms with van der Waals surface area (Å²) in [6.07, 6.45) is 4.79. The molecule has 1 aromatic carbocycles. The zero-order valence-electron chi connectivity index (χ0n) is 13.4. The Labute approximate surface area is 149 Å². The van der Waals surface area contributed by atoms with Crippen molar-refractivity contribution in [3.05, 3.63) is 71.3 Å². The number of aryl methyl sites for hydroxylation is 1. The standard InChI is InChI=1S/C18H15ClN4O2/c1-12-9-17(23-25-12)16(11-21-15-3-2-8-20-10-15)18(24)22-14-6-4-13(19)5-7-14/h2-11,16H,1H3,(H,22,24). The van der Waals surface area contributed by atoms with Gasteiger partial charge < -0.3 is 9.84 Å². The largest absolute Gasteiger partial charge is 0.361 e. The number of nitrogens with one attached hydrogen (secondary N) is 1. The molecule has 0 bridgehead atoms. The van der Waals surface area contributed by atoms with Crippen LogP contribution in [0.1, 0.15) is 17.4 Å². The normalized spacial score (nSPS) is 12.2. The molecule has 0 spiro atoms. The van der Waals surface area contributed by atoms with Gasteiger partial charge in [-0.3, -0.25) is 14.8 Å². The molecule has 0 radical (unpaired) electrons. The van der Waals surface area contributed by atoms with E-state index in [0.29, 0.717) is 27.9 Å². The SMILES string of the molecule is Cc1cc(C(C=Nc2cccnc2)C(=O)Nc2ccc(Cl)cc2)no1. The Bertz CT molecular complexity index is 876. The van der Waals surface area contributed by atoms with E-state index in [1.807, 2.05) is 0 Å². The summed E-state index contributed by atoms with van der Waals surface area (Å²) in [6, 6.07) is 12.1. The van der Waals surface area contributed by atoms with Crippen molar-refractivity contribution in [2.24, 2.45) is 4.99 Å². The van der Waals surface area contributed by atoms with Gasteiger partial charge in [-0.2, -0.15) is 0 Å². The molecule has 7 heteroatoms. The van der Waals surface area contributed by atoms with Crippen LogP contribution in [0.25, 0.3) is 0 Å². The molecule has 2 aromatic heterocycles. The van der Waals surface area contributed by atoms with Crippen LogP contribution in [0, 0.1) is 6.92 Å². The average molecular weight is 355 g/mol. The van der Waals surface area contributed by atoms with E-state index >= 15 is 0 Å². The molecule has 0 saturated heterocycles. The number of pyridine rings is 1. The van der Waals surface area contributed by atoms with Gasteiger partial charge in [0.25, 0.3) is 0 Å². The van der Waals surface area contributed by atoms with Gasteiger partial charge in [-0.05, 0) is 43.3 Å². The maximum Gasteiger partial charge on any atom is 0.239 e. The van der Waals surface area contributed by atoms with Crippen molar-refractivity contribution in [1.82, 2.24) is 10.1 Å². The minimum absolute atomic E-state index is 0.275. The van der Waals surface area contributed by atoms with Crippen LogP contribution in [0.5, 0.6) is 0 Å². The number of benzene rings is 1. The second kappa shape index (κ2) is 7.72. The van der Waals surface area contributed by atoms with Crippen LogP contribution in [0.2, 0.25) is 5.02 Å². The second-order valence-corrected chi connectivity index (χ2v) is 5.76. The van der Waals surface area contributed by atoms with Gasteiger partial charge in [0.2, 0.25) is 5.91 Å². The fourth-order valence-corrected chi connectivity index (χ4v) is 2.28. The molecule has 2 heterocycles. The lowest BCUT2D eigenvalue weighted by atomic mass is 10.1. The van der Waals surface area contributed by atoms with Gasteiger partial charge in [0, 0.05) is 29.2 Å². The molecule has 0 saturated carbocycles. The van der Waals surface area contributed by atoms with Crippen molar-refractivity contribution >= 4 is 35.1 Å². The summed E-state index contributed by atoms with van der Waals surface area (Å²) in [4.78, 5) is 21.0. The number of carbonyl (C=O) groups excluding carboxylic acids is 1. The van der Waals surface area contributed by atoms with Crippen molar-refractivity contribution in [2.45, 2.75) is 12.8 Å². The van der Waals surface area contributed by atoms with E-state index in [2.05, 4.69) is 20.4 Å². The van der Waals surface area contributed by atoms with Gasteiger partial charge in [0.1, 0.15) is 17.4 Å². The van der Waals surface area contributed by atoms with E-state index in [9.17, 15) is 4.79 Å². The first-order valence-electron chi connectivity index (χ1n) is 7.56. The zero-order valence-corrected chi connectivity index (χ0v) is 14.1. The molecule has 25 heavy (non-hydrogen) atoms. The molecule has 6 nitrogen and oxygen atoms in total. The van der Waals surface area contributed by atoms with Crippen LogP contribution in [-0.2, 0) is 4.79 Å². The van der Waals surface area contributed by atoms with E-state index in [1.54, 1.807) is 61.8 Å². The number of nitrogens with zero attached hydrogens (tertiary/aromatic N) is 3. The van der Waals surface area contributed by atoms with Crippen molar-refractivity contribution in [3.8, 4) is 0 Å². The predicted octanol–water partition coefficient (Wildman–Crippen LogP) is 4.16. The molecule has 0 fully saturated rings. The van der Waals surface area contributed by atoms with Crippen LogP contribution >= 0.6 is 11.6 Å². The summed E-state index contributed by atoms with van der Waals surface area (Å²) < 4.78 is 5.09. The average Bonchev–Trinajstić information content (AvgIpc) is 3.04. The van der Waals surface area contributed by atoms with E-state index in [-0.39, 0.29) is 5.91 Å². The van der Waals surface area contributed by atoms with Gasteiger partial charge in [-0.15, -0.1) is 0 Å². The van der Waals surface area contributed by atoms with Gasteiger partial charge in [0.05, 0.1) is 11.9 Å². The van der Waals surface area contributed by atoms with Crippen LogP contribution in [-0.4, -0.2) is 22.3 Å². The first-order chi connectivity index (χ1) is 12.1. The number of hydrogen-bond acceptors (Lipinski definition) is 5. The molecule has 3 aromatic rings. The third-order valence-corrected chi connectivity index (χ3v) is 3.63. The Balaban J connectivity index is 1.84. The monoisotopic (exact) mass is 354 g/mol. The summed E-state index contributed by atoms with van der Waals surface area (Å²) in [7, 11) is 0. The molecule has 0 aliphatic rings. The molecule has 3 rings (SSSR count). The number of aromatic nitrogens is 2. The quantitative estimate of drug-likeness (QED) is 0.698. The summed E-state index contributed by atoms with van der Waals surface area (Å²) in [5.41, 5.74) is 1.76. The van der Waals surface area contributed by atoms with E-state index in [1.165, 1.54) is 6.21 Å². The summed E-state index contributed by atoms with van der Waals surface area (Å²) in [5, 5.41) is 7.37. The highest BCUT2D eigenvalue weighted by Crippen LogP contribution is 2.20. The van der Waals surface area contributed by atoms with Crippen LogP contribution in [0.4, 0.5) is 11.4 Å². The maximum atomic E-state index is 12.7. The summed E-state index contributed by atoms with van der Waals surface area (Å²) in [5.74, 6) is -0.356. The number of amides is 1. The van der Waals surface area contributed by atoms with E-state index < -0.39 is 5.92 Å². The van der Waals surface area contributed by atoms with Crippen molar-refractivity contribution in [3.63, 3.8) is 0 Å². The number of hydrogen-bond donors (Lipinski definition) is 1. The summed E-state index contributed by atoms with van der Waals surface area (Å²) in [6.45, 7) is 1.77. The molecule has 0 aliphatic heterocycles. The van der Waals surface area contributed by atoms with E-state index in [0.717, 1.165) is 0 Å². The number of rotatable bonds is 5. The maximum absolute atomic E-state index is 12.7. The van der Waals surface area contributed by atoms with Gasteiger partial charge in [0.15, 0.2) is 0 Å². The van der Waals surface area contributed by atoms with Crippen molar-refractivity contribution in [1.29, 1.82) is 0 Å². The summed E-state index contributed by atoms with van der Waals surface area (Å²) >= 11 is 5.86. The molecule has 126 valence electrons. The highest BCUT2D eigenvalue weighted by Gasteiger charge is 2.22. The third kappa shape index (κ3) is 4.51. The minimum atomic E-state index is -0.701. The molecule has 0 aliphatic carbocycles. The van der Waals surface area contributed by atoms with Crippen LogP contribution < -0.4 is 5.32 Å². The van der Waals surface area contributed by atoms with Crippen molar-refractivity contribution in [2.75, 3.05) is 5.32 Å². The molecule has 1 atom stereocenters. The highest BCUT2D eigenvalue weighted by molar-refractivity contribution is 6.30. The van der Waals surface area contributed by atoms with Crippen LogP contribution in [0.3, 0.4) is 0 Å². The lowest BCUT2D eigenvalue weighted by Crippen LogP contribution is -2.22. The zero-order chi connectivity index (χ0) is 17.6. The van der Waals surface area contributed by atoms with Gasteiger partial charge >= 0.3 is 0 Å². The Morgan fingerprint density at radius 3 is 2.76 bits per heavy atom. The van der Waals surface area contributed by atoms with Gasteiger partial charge in [-0.1, -0.05) is 16.8 Å². The molecule has 1 amide bonds. The topological polar surface area (TPSA) is 80.4 Å². The predicted molar refractivity (Wildman–Crippen MR) is 96.5 cm³/mol. The fourth-order valence-electron chi connectivity index (χ4n) is 2.15. The molecular formula is C18H15ClN4O2. The lowest BCUT2D eigenvalue weighted by Gasteiger charge is -2.10. The second-order valence-electron chi connectivity index (χ2n) is 5.33. The first-order valence-corrected chi connectivity index (χ1v) is 7.93. The Morgan fingerprint density at radius 2 is 2.12 bits per heavy atom. The lowest BCUT2D eigenvalue weighted by molar-refractivity contribution is -0.116. The molecular weight excluding hydrogens is 340 g/mol. The number of aliphatic imine (C=N–C) groups is 1. The van der Waals surface area contributed by atoms with Gasteiger partial charge in [-0.25, -0.2) is 0 Å². The molecule has 1 N–H and O–H groups in total. The van der Waals surface area contributed by atoms with Crippen LogP contribution in [0.15, 0.2) is 64.4 Å². The Morgan fingerprint density at radius 1 is 1.32 bits per heavy atom. The van der Waals surface area contributed by atoms with E-state index in [4.69, 9.17) is 16.1 Å². The molecule has 1 unspecified atom stereocenters. The Kier molecular flexibility index (Phi) is 5.20. The minimum Gasteiger partial charge on any atom is -0.361 e. The highest BCUT2D eigenvalue weighted by atomic mass is 35.5. The van der Waals surface area contributed by atoms with Crippen molar-refractivity contribution < 1.29 is 9.32 Å². The smallest absolute Gasteiger partial charge is 0.239 e. The Hall–Kier alpha value is -2.99. The number of carbonyl (C=O) groups is 1. The first kappa shape index (κ1) is 16.9. The fraction of sp³-hybridized carbons (Fsp3) is 0.111. The number of anilines is 1.